The molecule has 0 saturated carbocycles. The number of alkyl halides is 1. The number of rotatable bonds is 5. The second kappa shape index (κ2) is 10.1. The number of carbonyl (C=O) groups excluding carboxylic acids is 1. The number of piperidine rings is 1. The largest absolute Gasteiger partial charge is 0.353 e. The maximum absolute atomic E-state index is 14.1. The van der Waals surface area contributed by atoms with Gasteiger partial charge in [-0.05, 0) is 55.8 Å². The van der Waals surface area contributed by atoms with Gasteiger partial charge in [0.1, 0.15) is 23.6 Å². The van der Waals surface area contributed by atoms with Crippen LogP contribution in [-0.2, 0) is 6.54 Å². The number of H-pyrrole nitrogens is 1. The number of nitriles is 1. The molecular formula is C29H26F2N6O2. The highest BCUT2D eigenvalue weighted by atomic mass is 19.1. The lowest BCUT2D eigenvalue weighted by molar-refractivity contribution is 0.0400. The normalized spacial score (nSPS) is 16.3. The molecule has 2 saturated heterocycles. The number of benzene rings is 1. The fourth-order valence-corrected chi connectivity index (χ4v) is 5.41. The molecule has 1 aromatic carbocycles. The summed E-state index contributed by atoms with van der Waals surface area (Å²) in [4.78, 5) is 37.7. The van der Waals surface area contributed by atoms with Gasteiger partial charge in [-0.3, -0.25) is 24.0 Å². The van der Waals surface area contributed by atoms with Crippen molar-refractivity contribution in [2.24, 2.45) is 0 Å². The first-order valence-corrected chi connectivity index (χ1v) is 13.0. The molecule has 0 bridgehead atoms. The van der Waals surface area contributed by atoms with E-state index in [4.69, 9.17) is 0 Å². The summed E-state index contributed by atoms with van der Waals surface area (Å²) in [7, 11) is 0. The Kier molecular flexibility index (Phi) is 6.45. The van der Waals surface area contributed by atoms with Crippen LogP contribution in [0.5, 0.6) is 0 Å². The van der Waals surface area contributed by atoms with Crippen LogP contribution in [0.2, 0.25) is 0 Å². The van der Waals surface area contributed by atoms with Crippen LogP contribution >= 0.6 is 0 Å². The first-order chi connectivity index (χ1) is 18.9. The molecule has 1 N–H and O–H groups in total. The number of carbonyl (C=O) groups is 1. The predicted molar refractivity (Wildman–Crippen MR) is 142 cm³/mol. The Morgan fingerprint density at radius 3 is 2.67 bits per heavy atom. The first kappa shape index (κ1) is 24.9. The molecule has 39 heavy (non-hydrogen) atoms. The molecular weight excluding hydrogens is 502 g/mol. The number of likely N-dealkylation sites (tertiary alicyclic amines) is 2. The molecule has 2 fully saturated rings. The monoisotopic (exact) mass is 528 g/mol. The minimum Gasteiger partial charge on any atom is -0.353 e. The Bertz CT molecular complexity index is 1680. The van der Waals surface area contributed by atoms with Crippen molar-refractivity contribution in [3.63, 3.8) is 0 Å². The number of fused-ring (bicyclic) bond motifs is 1. The van der Waals surface area contributed by atoms with E-state index >= 15 is 0 Å². The number of hydrogen-bond donors (Lipinski definition) is 1. The van der Waals surface area contributed by atoms with Crippen molar-refractivity contribution in [3.05, 3.63) is 81.9 Å². The smallest absolute Gasteiger partial charge is 0.279 e. The number of halogens is 2. The van der Waals surface area contributed by atoms with E-state index in [0.29, 0.717) is 39.8 Å². The second-order valence-electron chi connectivity index (χ2n) is 10.2. The van der Waals surface area contributed by atoms with Crippen molar-refractivity contribution < 1.29 is 13.6 Å². The van der Waals surface area contributed by atoms with E-state index in [0.717, 1.165) is 37.7 Å². The van der Waals surface area contributed by atoms with Crippen LogP contribution in [0.15, 0.2) is 53.7 Å². The van der Waals surface area contributed by atoms with Gasteiger partial charge in [0.25, 0.3) is 11.5 Å². The van der Waals surface area contributed by atoms with E-state index in [1.807, 2.05) is 6.07 Å². The van der Waals surface area contributed by atoms with Crippen LogP contribution in [0.1, 0.15) is 40.9 Å². The number of nitrogens with one attached hydrogen (secondary N) is 1. The summed E-state index contributed by atoms with van der Waals surface area (Å²) in [5.41, 5.74) is 2.59. The van der Waals surface area contributed by atoms with Crippen molar-refractivity contribution in [2.45, 2.75) is 32.0 Å². The third kappa shape index (κ3) is 4.70. The zero-order valence-corrected chi connectivity index (χ0v) is 21.2. The van der Waals surface area contributed by atoms with Gasteiger partial charge in [0, 0.05) is 35.6 Å². The third-order valence-electron chi connectivity index (χ3n) is 7.47. The van der Waals surface area contributed by atoms with E-state index in [2.05, 4.69) is 20.9 Å². The Balaban J connectivity index is 1.39. The Morgan fingerprint density at radius 1 is 1.13 bits per heavy atom. The van der Waals surface area contributed by atoms with Crippen LogP contribution in [0.3, 0.4) is 0 Å². The number of hydrogen-bond acceptors (Lipinski definition) is 5. The molecule has 0 radical (unpaired) electrons. The van der Waals surface area contributed by atoms with E-state index in [-0.39, 0.29) is 24.2 Å². The van der Waals surface area contributed by atoms with Crippen molar-refractivity contribution in [2.75, 3.05) is 26.2 Å². The summed E-state index contributed by atoms with van der Waals surface area (Å²) in [6, 6.07) is 9.57. The number of nitrogens with zero attached hydrogens (tertiary/aromatic N) is 5. The summed E-state index contributed by atoms with van der Waals surface area (Å²) in [6.45, 7) is 2.62. The molecule has 0 unspecified atom stereocenters. The molecule has 0 spiro atoms. The van der Waals surface area contributed by atoms with Crippen LogP contribution in [0.4, 0.5) is 8.78 Å². The maximum atomic E-state index is 14.1. The summed E-state index contributed by atoms with van der Waals surface area (Å²) in [5, 5.41) is 10.4. The Labute approximate surface area is 223 Å². The molecule has 2 aliphatic rings. The first-order valence-electron chi connectivity index (χ1n) is 13.0. The molecule has 5 heterocycles. The Hall–Kier alpha value is -4.36. The van der Waals surface area contributed by atoms with Gasteiger partial charge in [-0.2, -0.15) is 5.26 Å². The SMILES string of the molecule is N#Cc1cn(-c2cncc(-c3ccc(F)cc3C(=O)N3CC(F)C3)c2)c(=O)c2[nH]c(CN3CCCCC3)cc12. The average molecular weight is 529 g/mol. The van der Waals surface area contributed by atoms with Gasteiger partial charge >= 0.3 is 0 Å². The van der Waals surface area contributed by atoms with Gasteiger partial charge in [-0.25, -0.2) is 8.78 Å². The van der Waals surface area contributed by atoms with Crippen molar-refractivity contribution in [1.82, 2.24) is 24.3 Å². The van der Waals surface area contributed by atoms with Crippen molar-refractivity contribution in [3.8, 4) is 22.9 Å². The van der Waals surface area contributed by atoms with Gasteiger partial charge in [0.15, 0.2) is 0 Å². The van der Waals surface area contributed by atoms with Crippen LogP contribution in [0.25, 0.3) is 27.7 Å². The highest BCUT2D eigenvalue weighted by molar-refractivity contribution is 6.01. The lowest BCUT2D eigenvalue weighted by Crippen LogP contribution is -2.51. The molecule has 0 aliphatic carbocycles. The zero-order chi connectivity index (χ0) is 27.1. The maximum Gasteiger partial charge on any atom is 0.279 e. The zero-order valence-electron chi connectivity index (χ0n) is 21.2. The molecule has 3 aromatic heterocycles. The lowest BCUT2D eigenvalue weighted by Gasteiger charge is -2.34. The molecule has 4 aromatic rings. The molecule has 0 atom stereocenters. The molecule has 1 amide bonds. The number of pyridine rings is 2. The van der Waals surface area contributed by atoms with Gasteiger partial charge in [-0.15, -0.1) is 0 Å². The van der Waals surface area contributed by atoms with E-state index < -0.39 is 17.9 Å². The molecule has 10 heteroatoms. The van der Waals surface area contributed by atoms with Crippen LogP contribution in [-0.4, -0.2) is 62.6 Å². The third-order valence-corrected chi connectivity index (χ3v) is 7.47. The molecule has 8 nitrogen and oxygen atoms in total. The quantitative estimate of drug-likeness (QED) is 0.419. The molecule has 2 aliphatic heterocycles. The van der Waals surface area contributed by atoms with E-state index in [9.17, 15) is 23.6 Å². The van der Waals surface area contributed by atoms with Gasteiger partial charge in [0.05, 0.1) is 36.1 Å². The van der Waals surface area contributed by atoms with Gasteiger partial charge < -0.3 is 9.88 Å². The standard InChI is InChI=1S/C29H26F2N6O2/c30-20-4-5-24(26(9-20)28(38)36-15-21(31)16-36)18-8-23(13-33-12-18)37-14-19(11-32)25-10-22(34-27(25)29(37)39)17-35-6-2-1-3-7-35/h4-5,8-10,12-14,21,34H,1-3,6-7,15-17H2. The average Bonchev–Trinajstić information content (AvgIpc) is 3.36. The summed E-state index contributed by atoms with van der Waals surface area (Å²) >= 11 is 0. The number of aromatic nitrogens is 3. The highest BCUT2D eigenvalue weighted by Crippen LogP contribution is 2.29. The molecule has 198 valence electrons. The topological polar surface area (TPSA) is 98.0 Å². The molecule has 6 rings (SSSR count). The van der Waals surface area contributed by atoms with Crippen molar-refractivity contribution in [1.29, 1.82) is 5.26 Å². The summed E-state index contributed by atoms with van der Waals surface area (Å²) in [5.74, 6) is -1.06. The van der Waals surface area contributed by atoms with Crippen LogP contribution in [0, 0.1) is 17.1 Å². The fraction of sp³-hybridized carbons (Fsp3) is 0.310. The minimum absolute atomic E-state index is 0.0324. The number of amides is 1. The second-order valence-corrected chi connectivity index (χ2v) is 10.2. The number of aromatic amines is 1. The lowest BCUT2D eigenvalue weighted by atomic mass is 9.98. The van der Waals surface area contributed by atoms with E-state index in [1.165, 1.54) is 46.6 Å². The highest BCUT2D eigenvalue weighted by Gasteiger charge is 2.32. The van der Waals surface area contributed by atoms with E-state index in [1.54, 1.807) is 6.07 Å². The fourth-order valence-electron chi connectivity index (χ4n) is 5.41. The van der Waals surface area contributed by atoms with Gasteiger partial charge in [-0.1, -0.05) is 12.5 Å². The predicted octanol–water partition coefficient (Wildman–Crippen LogP) is 4.17. The summed E-state index contributed by atoms with van der Waals surface area (Å²) < 4.78 is 28.9. The van der Waals surface area contributed by atoms with Crippen LogP contribution < -0.4 is 5.56 Å². The van der Waals surface area contributed by atoms with Crippen molar-refractivity contribution >= 4 is 16.8 Å². The minimum atomic E-state index is -1.08. The Morgan fingerprint density at radius 2 is 1.92 bits per heavy atom. The summed E-state index contributed by atoms with van der Waals surface area (Å²) in [6.07, 6.45) is 6.93. The van der Waals surface area contributed by atoms with Gasteiger partial charge in [0.2, 0.25) is 0 Å².